The number of phenolic OH excluding ortho intramolecular Hbond substituents is 1. The van der Waals surface area contributed by atoms with E-state index in [9.17, 15) is 14.7 Å². The van der Waals surface area contributed by atoms with Gasteiger partial charge in [0.2, 0.25) is 0 Å². The fourth-order valence-electron chi connectivity index (χ4n) is 5.08. The number of phenols is 1. The van der Waals surface area contributed by atoms with Crippen molar-refractivity contribution in [1.29, 1.82) is 0 Å². The molecule has 5 rings (SSSR count). The lowest BCUT2D eigenvalue weighted by atomic mass is 9.81. The van der Waals surface area contributed by atoms with Crippen LogP contribution in [-0.2, 0) is 21.6 Å². The highest BCUT2D eigenvalue weighted by atomic mass is 16.6. The SMILES string of the molecule is COc1cc2ccccc2c(O)c1[C@@]1(NC(=O)OC(C)(C)C)C(=O)N(Cc2ccccc2)c2ccccc21. The molecule has 0 fully saturated rings. The van der Waals surface area contributed by atoms with E-state index >= 15 is 0 Å². The maximum Gasteiger partial charge on any atom is 0.409 e. The van der Waals surface area contributed by atoms with Gasteiger partial charge >= 0.3 is 6.09 Å². The zero-order chi connectivity index (χ0) is 27.1. The molecule has 1 heterocycles. The lowest BCUT2D eigenvalue weighted by molar-refractivity contribution is -0.123. The van der Waals surface area contributed by atoms with E-state index in [1.807, 2.05) is 54.6 Å². The van der Waals surface area contributed by atoms with Gasteiger partial charge < -0.3 is 19.5 Å². The molecule has 1 aliphatic heterocycles. The number of benzene rings is 4. The number of alkyl carbamates (subject to hydrolysis) is 1. The summed E-state index contributed by atoms with van der Waals surface area (Å²) in [4.78, 5) is 29.6. The molecule has 7 heteroatoms. The number of para-hydroxylation sites is 1. The Morgan fingerprint density at radius 1 is 0.974 bits per heavy atom. The molecule has 2 N–H and O–H groups in total. The minimum absolute atomic E-state index is 0.151. The maximum atomic E-state index is 14.6. The van der Waals surface area contributed by atoms with Gasteiger partial charge in [0.05, 0.1) is 24.9 Å². The molecule has 1 aliphatic rings. The number of nitrogens with zero attached hydrogens (tertiary/aromatic N) is 1. The summed E-state index contributed by atoms with van der Waals surface area (Å²) < 4.78 is 11.4. The van der Waals surface area contributed by atoms with Crippen LogP contribution in [0.5, 0.6) is 11.5 Å². The summed E-state index contributed by atoms with van der Waals surface area (Å²) in [5.74, 6) is -0.319. The zero-order valence-electron chi connectivity index (χ0n) is 21.8. The van der Waals surface area contributed by atoms with E-state index < -0.39 is 23.1 Å². The van der Waals surface area contributed by atoms with Crippen LogP contribution in [0.15, 0.2) is 84.9 Å². The fraction of sp³-hybridized carbons (Fsp3) is 0.226. The van der Waals surface area contributed by atoms with Crippen LogP contribution in [0, 0.1) is 0 Å². The second kappa shape index (κ2) is 9.41. The van der Waals surface area contributed by atoms with E-state index in [2.05, 4.69) is 5.32 Å². The monoisotopic (exact) mass is 510 g/mol. The molecule has 38 heavy (non-hydrogen) atoms. The Kier molecular flexibility index (Phi) is 6.23. The number of anilines is 1. The average molecular weight is 511 g/mol. The molecule has 4 aromatic carbocycles. The third kappa shape index (κ3) is 4.20. The van der Waals surface area contributed by atoms with Crippen LogP contribution in [0.1, 0.15) is 37.5 Å². The number of nitrogens with one attached hydrogen (secondary N) is 1. The van der Waals surface area contributed by atoms with Crippen molar-refractivity contribution in [3.05, 3.63) is 102 Å². The smallest absolute Gasteiger partial charge is 0.409 e. The van der Waals surface area contributed by atoms with E-state index in [0.29, 0.717) is 16.6 Å². The first kappa shape index (κ1) is 25.1. The largest absolute Gasteiger partial charge is 0.507 e. The number of carbonyl (C=O) groups is 2. The number of methoxy groups -OCH3 is 1. The van der Waals surface area contributed by atoms with Gasteiger partial charge in [0.25, 0.3) is 5.91 Å². The quantitative estimate of drug-likeness (QED) is 0.351. The van der Waals surface area contributed by atoms with Crippen molar-refractivity contribution in [1.82, 2.24) is 5.32 Å². The summed E-state index contributed by atoms with van der Waals surface area (Å²) in [6.45, 7) is 5.52. The van der Waals surface area contributed by atoms with Crippen molar-refractivity contribution in [3.8, 4) is 11.5 Å². The highest BCUT2D eigenvalue weighted by Crippen LogP contribution is 2.52. The van der Waals surface area contributed by atoms with Gasteiger partial charge in [-0.2, -0.15) is 0 Å². The number of rotatable bonds is 5. The van der Waals surface area contributed by atoms with Crippen molar-refractivity contribution in [2.75, 3.05) is 12.0 Å². The zero-order valence-corrected chi connectivity index (χ0v) is 21.8. The molecule has 0 saturated heterocycles. The summed E-state index contributed by atoms with van der Waals surface area (Å²) in [7, 11) is 1.47. The van der Waals surface area contributed by atoms with Gasteiger partial charge in [0.1, 0.15) is 17.1 Å². The molecule has 0 aromatic heterocycles. The number of ether oxygens (including phenoxy) is 2. The molecular formula is C31H30N2O5. The maximum absolute atomic E-state index is 14.6. The van der Waals surface area contributed by atoms with Crippen LogP contribution in [-0.4, -0.2) is 29.8 Å². The number of hydrogen-bond acceptors (Lipinski definition) is 5. The van der Waals surface area contributed by atoms with E-state index in [1.165, 1.54) is 7.11 Å². The first-order chi connectivity index (χ1) is 18.2. The summed E-state index contributed by atoms with van der Waals surface area (Å²) >= 11 is 0. The summed E-state index contributed by atoms with van der Waals surface area (Å²) in [5, 5.41) is 15.8. The van der Waals surface area contributed by atoms with Crippen LogP contribution in [0.2, 0.25) is 0 Å². The predicted octanol–water partition coefficient (Wildman–Crippen LogP) is 5.87. The van der Waals surface area contributed by atoms with Crippen molar-refractivity contribution in [3.63, 3.8) is 0 Å². The molecule has 0 unspecified atom stereocenters. The normalized spacial score (nSPS) is 16.8. The molecule has 2 amide bonds. The number of aromatic hydroxyl groups is 1. The molecule has 0 radical (unpaired) electrons. The summed E-state index contributed by atoms with van der Waals surface area (Å²) in [6.07, 6.45) is -0.795. The Labute approximate surface area is 221 Å². The van der Waals surface area contributed by atoms with Crippen molar-refractivity contribution < 1.29 is 24.2 Å². The Bertz CT molecular complexity index is 1530. The lowest BCUT2D eigenvalue weighted by Crippen LogP contribution is -2.54. The molecule has 0 spiro atoms. The van der Waals surface area contributed by atoms with Crippen LogP contribution in [0.3, 0.4) is 0 Å². The summed E-state index contributed by atoms with van der Waals surface area (Å²) in [5.41, 5.74) is -0.433. The minimum atomic E-state index is -1.81. The molecule has 1 atom stereocenters. The fourth-order valence-corrected chi connectivity index (χ4v) is 5.08. The van der Waals surface area contributed by atoms with Gasteiger partial charge in [-0.25, -0.2) is 4.79 Å². The topological polar surface area (TPSA) is 88.1 Å². The lowest BCUT2D eigenvalue weighted by Gasteiger charge is -2.33. The highest BCUT2D eigenvalue weighted by Gasteiger charge is 2.56. The Morgan fingerprint density at radius 3 is 2.34 bits per heavy atom. The van der Waals surface area contributed by atoms with Gasteiger partial charge in [-0.3, -0.25) is 10.1 Å². The Hall–Kier alpha value is -4.52. The van der Waals surface area contributed by atoms with Crippen LogP contribution < -0.4 is 15.0 Å². The molecule has 194 valence electrons. The molecule has 0 saturated carbocycles. The number of amides is 2. The van der Waals surface area contributed by atoms with Gasteiger partial charge in [-0.1, -0.05) is 72.8 Å². The van der Waals surface area contributed by atoms with Crippen LogP contribution in [0.4, 0.5) is 10.5 Å². The van der Waals surface area contributed by atoms with Crippen molar-refractivity contribution in [2.45, 2.75) is 38.5 Å². The standard InChI is InChI=1S/C31H30N2O5/c1-30(2,3)38-29(36)32-31(26-25(37-4)18-21-14-8-9-15-22(21)27(26)34)23-16-10-11-17-24(23)33(28(31)35)19-20-12-6-5-7-13-20/h5-18,34H,19H2,1-4H3,(H,32,36)/t31-/m1/s1. The molecule has 0 bridgehead atoms. The van der Waals surface area contributed by atoms with Crippen LogP contribution in [0.25, 0.3) is 10.8 Å². The number of carbonyl (C=O) groups excluding carboxylic acids is 2. The molecule has 4 aromatic rings. The minimum Gasteiger partial charge on any atom is -0.507 e. The van der Waals surface area contributed by atoms with Crippen molar-refractivity contribution >= 4 is 28.5 Å². The second-order valence-electron chi connectivity index (χ2n) is 10.3. The van der Waals surface area contributed by atoms with Crippen molar-refractivity contribution in [2.24, 2.45) is 0 Å². The van der Waals surface area contributed by atoms with E-state index in [0.717, 1.165) is 10.9 Å². The van der Waals surface area contributed by atoms with E-state index in [4.69, 9.17) is 9.47 Å². The third-order valence-corrected chi connectivity index (χ3v) is 6.62. The number of fused-ring (bicyclic) bond motifs is 2. The average Bonchev–Trinajstić information content (AvgIpc) is 3.11. The molecular weight excluding hydrogens is 480 g/mol. The van der Waals surface area contributed by atoms with E-state index in [-0.39, 0.29) is 23.6 Å². The Balaban J connectivity index is 1.79. The van der Waals surface area contributed by atoms with Gasteiger partial charge in [0, 0.05) is 10.9 Å². The Morgan fingerprint density at radius 2 is 1.63 bits per heavy atom. The second-order valence-corrected chi connectivity index (χ2v) is 10.3. The first-order valence-corrected chi connectivity index (χ1v) is 12.4. The highest BCUT2D eigenvalue weighted by molar-refractivity contribution is 6.13. The van der Waals surface area contributed by atoms with Crippen LogP contribution >= 0.6 is 0 Å². The third-order valence-electron chi connectivity index (χ3n) is 6.62. The van der Waals surface area contributed by atoms with Gasteiger partial charge in [0.15, 0.2) is 5.54 Å². The van der Waals surface area contributed by atoms with Gasteiger partial charge in [-0.05, 0) is 43.9 Å². The van der Waals surface area contributed by atoms with E-state index in [1.54, 1.807) is 56.0 Å². The molecule has 0 aliphatic carbocycles. The molecule has 7 nitrogen and oxygen atoms in total. The van der Waals surface area contributed by atoms with Gasteiger partial charge in [-0.15, -0.1) is 0 Å². The first-order valence-electron chi connectivity index (χ1n) is 12.4. The number of hydrogen-bond donors (Lipinski definition) is 2. The summed E-state index contributed by atoms with van der Waals surface area (Å²) in [6, 6.07) is 25.9. The predicted molar refractivity (Wildman–Crippen MR) is 146 cm³/mol.